The van der Waals surface area contributed by atoms with Crippen LogP contribution >= 0.6 is 35.6 Å². The molecule has 1 heterocycles. The van der Waals surface area contributed by atoms with Crippen molar-refractivity contribution in [1.82, 2.24) is 10.2 Å². The van der Waals surface area contributed by atoms with Crippen molar-refractivity contribution < 1.29 is 4.74 Å². The lowest BCUT2D eigenvalue weighted by Gasteiger charge is -2.26. The van der Waals surface area contributed by atoms with E-state index in [0.717, 1.165) is 70.2 Å². The van der Waals surface area contributed by atoms with E-state index in [-0.39, 0.29) is 24.0 Å². The molecule has 0 amide bonds. The number of nitrogens with zero attached hydrogens (tertiary/aromatic N) is 2. The number of halogens is 2. The van der Waals surface area contributed by atoms with Crippen molar-refractivity contribution in [3.8, 4) is 0 Å². The fourth-order valence-electron chi connectivity index (χ4n) is 2.53. The molecule has 1 aliphatic heterocycles. The van der Waals surface area contributed by atoms with Gasteiger partial charge >= 0.3 is 0 Å². The van der Waals surface area contributed by atoms with Gasteiger partial charge in [-0.1, -0.05) is 23.7 Å². The molecular formula is C17H28ClIN4O. The minimum Gasteiger partial charge on any atom is -0.379 e. The van der Waals surface area contributed by atoms with E-state index in [1.54, 1.807) is 0 Å². The van der Waals surface area contributed by atoms with Crippen LogP contribution in [0.5, 0.6) is 0 Å². The zero-order valence-corrected chi connectivity index (χ0v) is 17.1. The average molecular weight is 467 g/mol. The van der Waals surface area contributed by atoms with Crippen LogP contribution in [0.1, 0.15) is 18.4 Å². The van der Waals surface area contributed by atoms with Crippen molar-refractivity contribution in [2.45, 2.75) is 19.3 Å². The number of benzene rings is 1. The second kappa shape index (κ2) is 12.7. The summed E-state index contributed by atoms with van der Waals surface area (Å²) in [5.74, 6) is 0.545. The summed E-state index contributed by atoms with van der Waals surface area (Å²) in [7, 11) is 0. The molecule has 0 atom stereocenters. The average Bonchev–Trinajstić information content (AvgIpc) is 2.58. The van der Waals surface area contributed by atoms with Crippen molar-refractivity contribution in [1.29, 1.82) is 0 Å². The number of aliphatic imine (C=N–C) groups is 1. The molecule has 1 saturated heterocycles. The SMILES string of the molecule is I.NC(=NCCCc1ccc(Cl)cc1)NCCCN1CCOCC1. The standard InChI is InChI=1S/C17H27ClN4O.HI/c18-16-6-4-15(5-7-16)3-1-8-20-17(19)21-9-2-10-22-11-13-23-14-12-22;/h4-7H,1-3,8-14H2,(H3,19,20,21);1H. The van der Waals surface area contributed by atoms with Gasteiger partial charge in [-0.3, -0.25) is 9.89 Å². The highest BCUT2D eigenvalue weighted by atomic mass is 127. The van der Waals surface area contributed by atoms with Gasteiger partial charge in [0, 0.05) is 31.2 Å². The van der Waals surface area contributed by atoms with Crippen LogP contribution in [-0.4, -0.2) is 56.8 Å². The quantitative estimate of drug-likeness (QED) is 0.267. The van der Waals surface area contributed by atoms with Gasteiger partial charge < -0.3 is 15.8 Å². The van der Waals surface area contributed by atoms with Crippen LogP contribution in [0.15, 0.2) is 29.3 Å². The molecule has 136 valence electrons. The summed E-state index contributed by atoms with van der Waals surface area (Å²) in [6.45, 7) is 6.47. The van der Waals surface area contributed by atoms with E-state index in [1.807, 2.05) is 12.1 Å². The summed E-state index contributed by atoms with van der Waals surface area (Å²) < 4.78 is 5.33. The monoisotopic (exact) mass is 466 g/mol. The lowest BCUT2D eigenvalue weighted by molar-refractivity contribution is 0.0376. The van der Waals surface area contributed by atoms with E-state index >= 15 is 0 Å². The van der Waals surface area contributed by atoms with E-state index in [1.165, 1.54) is 5.56 Å². The first kappa shape index (κ1) is 21.5. The Morgan fingerprint density at radius 3 is 2.62 bits per heavy atom. The number of hydrogen-bond donors (Lipinski definition) is 2. The number of hydrogen-bond acceptors (Lipinski definition) is 3. The highest BCUT2D eigenvalue weighted by Crippen LogP contribution is 2.10. The Hall–Kier alpha value is -0.570. The van der Waals surface area contributed by atoms with E-state index in [4.69, 9.17) is 22.1 Å². The molecular weight excluding hydrogens is 439 g/mol. The van der Waals surface area contributed by atoms with Gasteiger partial charge in [0.1, 0.15) is 0 Å². The third-order valence-electron chi connectivity index (χ3n) is 3.88. The molecule has 2 rings (SSSR count). The number of guanidine groups is 1. The second-order valence-corrected chi connectivity index (χ2v) is 6.17. The third-order valence-corrected chi connectivity index (χ3v) is 4.13. The first-order valence-electron chi connectivity index (χ1n) is 8.32. The van der Waals surface area contributed by atoms with Crippen LogP contribution < -0.4 is 11.1 Å². The molecule has 0 radical (unpaired) electrons. The highest BCUT2D eigenvalue weighted by Gasteiger charge is 2.08. The first-order valence-corrected chi connectivity index (χ1v) is 8.70. The topological polar surface area (TPSA) is 62.9 Å². The summed E-state index contributed by atoms with van der Waals surface area (Å²) in [4.78, 5) is 6.79. The molecule has 0 aliphatic carbocycles. The van der Waals surface area contributed by atoms with Gasteiger partial charge in [-0.05, 0) is 43.5 Å². The molecule has 0 spiro atoms. The Balaban J connectivity index is 0.00000288. The molecule has 1 aromatic carbocycles. The van der Waals surface area contributed by atoms with E-state index < -0.39 is 0 Å². The molecule has 1 aromatic rings. The second-order valence-electron chi connectivity index (χ2n) is 5.73. The summed E-state index contributed by atoms with van der Waals surface area (Å²) in [6, 6.07) is 7.95. The first-order chi connectivity index (χ1) is 11.2. The maximum atomic E-state index is 5.88. The molecule has 0 unspecified atom stereocenters. The number of nitrogens with two attached hydrogens (primary N) is 1. The molecule has 0 bridgehead atoms. The third kappa shape index (κ3) is 9.05. The number of morpholine rings is 1. The molecule has 0 saturated carbocycles. The summed E-state index contributed by atoms with van der Waals surface area (Å²) >= 11 is 5.87. The zero-order valence-electron chi connectivity index (χ0n) is 14.0. The van der Waals surface area contributed by atoms with Gasteiger partial charge in [-0.15, -0.1) is 24.0 Å². The Morgan fingerprint density at radius 1 is 1.21 bits per heavy atom. The van der Waals surface area contributed by atoms with Crippen LogP contribution in [0.4, 0.5) is 0 Å². The van der Waals surface area contributed by atoms with Gasteiger partial charge in [-0.2, -0.15) is 0 Å². The maximum absolute atomic E-state index is 5.88. The van der Waals surface area contributed by atoms with E-state index in [9.17, 15) is 0 Å². The molecule has 1 fully saturated rings. The number of nitrogens with one attached hydrogen (secondary N) is 1. The van der Waals surface area contributed by atoms with Crippen LogP contribution in [0.25, 0.3) is 0 Å². The number of aryl methyl sites for hydroxylation is 1. The largest absolute Gasteiger partial charge is 0.379 e. The van der Waals surface area contributed by atoms with Gasteiger partial charge in [0.05, 0.1) is 13.2 Å². The number of ether oxygens (including phenoxy) is 1. The van der Waals surface area contributed by atoms with Crippen molar-refractivity contribution in [3.63, 3.8) is 0 Å². The maximum Gasteiger partial charge on any atom is 0.188 e. The predicted octanol–water partition coefficient (Wildman–Crippen LogP) is 2.52. The minimum absolute atomic E-state index is 0. The van der Waals surface area contributed by atoms with Crippen molar-refractivity contribution >= 4 is 41.5 Å². The Labute approximate surface area is 167 Å². The molecule has 7 heteroatoms. The summed E-state index contributed by atoms with van der Waals surface area (Å²) in [5.41, 5.74) is 7.16. The Bertz CT molecular complexity index is 478. The van der Waals surface area contributed by atoms with E-state index in [2.05, 4.69) is 27.3 Å². The van der Waals surface area contributed by atoms with E-state index in [0.29, 0.717) is 5.96 Å². The number of rotatable bonds is 8. The normalized spacial score (nSPS) is 15.8. The van der Waals surface area contributed by atoms with Crippen LogP contribution in [0.3, 0.4) is 0 Å². The smallest absolute Gasteiger partial charge is 0.188 e. The summed E-state index contributed by atoms with van der Waals surface area (Å²) in [6.07, 6.45) is 3.05. The molecule has 5 nitrogen and oxygen atoms in total. The fourth-order valence-corrected chi connectivity index (χ4v) is 2.66. The van der Waals surface area contributed by atoms with Gasteiger partial charge in [0.15, 0.2) is 5.96 Å². The zero-order chi connectivity index (χ0) is 16.3. The lowest BCUT2D eigenvalue weighted by Crippen LogP contribution is -2.39. The Kier molecular flexibility index (Phi) is 11.4. The van der Waals surface area contributed by atoms with Crippen LogP contribution in [0.2, 0.25) is 5.02 Å². The highest BCUT2D eigenvalue weighted by molar-refractivity contribution is 14.0. The van der Waals surface area contributed by atoms with Crippen molar-refractivity contribution in [2.24, 2.45) is 10.7 Å². The molecule has 3 N–H and O–H groups in total. The summed E-state index contributed by atoms with van der Waals surface area (Å²) in [5, 5.41) is 3.96. The molecule has 0 aromatic heterocycles. The fraction of sp³-hybridized carbons (Fsp3) is 0.588. The van der Waals surface area contributed by atoms with Crippen LogP contribution in [0, 0.1) is 0 Å². The molecule has 1 aliphatic rings. The predicted molar refractivity (Wildman–Crippen MR) is 112 cm³/mol. The molecule has 24 heavy (non-hydrogen) atoms. The van der Waals surface area contributed by atoms with Gasteiger partial charge in [-0.25, -0.2) is 0 Å². The van der Waals surface area contributed by atoms with Crippen molar-refractivity contribution in [3.05, 3.63) is 34.9 Å². The van der Waals surface area contributed by atoms with Gasteiger partial charge in [0.25, 0.3) is 0 Å². The lowest BCUT2D eigenvalue weighted by atomic mass is 10.1. The minimum atomic E-state index is 0. The van der Waals surface area contributed by atoms with Crippen LogP contribution in [-0.2, 0) is 11.2 Å². The van der Waals surface area contributed by atoms with Gasteiger partial charge in [0.2, 0.25) is 0 Å². The van der Waals surface area contributed by atoms with Crippen molar-refractivity contribution in [2.75, 3.05) is 45.9 Å². The Morgan fingerprint density at radius 2 is 1.92 bits per heavy atom.